The van der Waals surface area contributed by atoms with E-state index in [1.54, 1.807) is 0 Å². The smallest absolute Gasteiger partial charge is 0.308 e. The van der Waals surface area contributed by atoms with Gasteiger partial charge in [-0.3, -0.25) is 4.79 Å². The lowest BCUT2D eigenvalue weighted by atomic mass is 9.92. The molecule has 2 aromatic rings. The summed E-state index contributed by atoms with van der Waals surface area (Å²) in [6.07, 6.45) is 0.575. The number of carboxylic acid groups (broad SMARTS) is 1. The Hall–Kier alpha value is -2.30. The maximum atomic E-state index is 11.4. The SMILES string of the molecule is Cc1nc(CN2CC(C(=O)O)Cc3ccccc32)oc1C. The minimum atomic E-state index is -0.755. The van der Waals surface area contributed by atoms with E-state index in [1.165, 1.54) is 0 Å². The Morgan fingerprint density at radius 3 is 2.86 bits per heavy atom. The fourth-order valence-electron chi connectivity index (χ4n) is 2.77. The number of carbonyl (C=O) groups is 1. The summed E-state index contributed by atoms with van der Waals surface area (Å²) >= 11 is 0. The van der Waals surface area contributed by atoms with Gasteiger partial charge in [0.15, 0.2) is 0 Å². The lowest BCUT2D eigenvalue weighted by Gasteiger charge is -2.33. The van der Waals surface area contributed by atoms with Gasteiger partial charge >= 0.3 is 5.97 Å². The summed E-state index contributed by atoms with van der Waals surface area (Å²) in [5.74, 6) is 0.294. The van der Waals surface area contributed by atoms with Crippen molar-refractivity contribution >= 4 is 11.7 Å². The third kappa shape index (κ3) is 2.63. The molecule has 5 nitrogen and oxygen atoms in total. The number of nitrogens with zero attached hydrogens (tertiary/aromatic N) is 2. The van der Waals surface area contributed by atoms with E-state index < -0.39 is 11.9 Å². The summed E-state index contributed by atoms with van der Waals surface area (Å²) in [5.41, 5.74) is 3.02. The van der Waals surface area contributed by atoms with Crippen LogP contribution in [0.15, 0.2) is 28.7 Å². The molecule has 0 saturated carbocycles. The van der Waals surface area contributed by atoms with E-state index in [9.17, 15) is 9.90 Å². The molecule has 0 saturated heterocycles. The first kappa shape index (κ1) is 13.7. The Morgan fingerprint density at radius 1 is 1.43 bits per heavy atom. The standard InChI is InChI=1S/C16H18N2O3/c1-10-11(2)21-15(17-10)9-18-8-13(16(19)20)7-12-5-3-4-6-14(12)18/h3-6,13H,7-9H2,1-2H3,(H,19,20). The summed E-state index contributed by atoms with van der Waals surface area (Å²) < 4.78 is 5.63. The zero-order valence-corrected chi connectivity index (χ0v) is 12.2. The number of aromatic nitrogens is 1. The third-order valence-electron chi connectivity index (χ3n) is 3.99. The van der Waals surface area contributed by atoms with Crippen LogP contribution in [0.2, 0.25) is 0 Å². The van der Waals surface area contributed by atoms with E-state index in [-0.39, 0.29) is 0 Å². The highest BCUT2D eigenvalue weighted by atomic mass is 16.4. The van der Waals surface area contributed by atoms with Crippen molar-refractivity contribution in [3.8, 4) is 0 Å². The number of fused-ring (bicyclic) bond motifs is 1. The monoisotopic (exact) mass is 286 g/mol. The van der Waals surface area contributed by atoms with Crippen molar-refractivity contribution in [1.29, 1.82) is 0 Å². The topological polar surface area (TPSA) is 66.6 Å². The van der Waals surface area contributed by atoms with E-state index in [0.717, 1.165) is 22.7 Å². The first-order chi connectivity index (χ1) is 10.0. The van der Waals surface area contributed by atoms with E-state index in [4.69, 9.17) is 4.42 Å². The van der Waals surface area contributed by atoms with Gasteiger partial charge in [-0.05, 0) is 31.9 Å². The molecule has 1 N–H and O–H groups in total. The lowest BCUT2D eigenvalue weighted by Crippen LogP contribution is -2.38. The lowest BCUT2D eigenvalue weighted by molar-refractivity contribution is -0.141. The number of oxazole rings is 1. The highest BCUT2D eigenvalue weighted by Crippen LogP contribution is 2.31. The Labute approximate surface area is 123 Å². The molecule has 1 atom stereocenters. The zero-order valence-electron chi connectivity index (χ0n) is 12.2. The highest BCUT2D eigenvalue weighted by Gasteiger charge is 2.29. The predicted octanol–water partition coefficient (Wildman–Crippen LogP) is 2.55. The molecule has 21 heavy (non-hydrogen) atoms. The van der Waals surface area contributed by atoms with E-state index in [0.29, 0.717) is 25.4 Å². The van der Waals surface area contributed by atoms with E-state index in [2.05, 4.69) is 4.98 Å². The van der Waals surface area contributed by atoms with Gasteiger partial charge in [0.1, 0.15) is 5.76 Å². The first-order valence-corrected chi connectivity index (χ1v) is 7.03. The normalized spacial score (nSPS) is 17.6. The molecule has 0 radical (unpaired) electrons. The van der Waals surface area contributed by atoms with E-state index >= 15 is 0 Å². The van der Waals surface area contributed by atoms with Crippen LogP contribution in [0.3, 0.4) is 0 Å². The predicted molar refractivity (Wildman–Crippen MR) is 78.3 cm³/mol. The van der Waals surface area contributed by atoms with Gasteiger partial charge in [0, 0.05) is 12.2 Å². The van der Waals surface area contributed by atoms with Crippen molar-refractivity contribution in [2.24, 2.45) is 5.92 Å². The van der Waals surface area contributed by atoms with Gasteiger partial charge in [0.25, 0.3) is 0 Å². The van der Waals surface area contributed by atoms with Crippen molar-refractivity contribution in [2.45, 2.75) is 26.8 Å². The summed E-state index contributed by atoms with van der Waals surface area (Å²) in [6.45, 7) is 4.77. The fourth-order valence-corrected chi connectivity index (χ4v) is 2.77. The second-order valence-corrected chi connectivity index (χ2v) is 5.50. The van der Waals surface area contributed by atoms with Crippen LogP contribution >= 0.6 is 0 Å². The summed E-state index contributed by atoms with van der Waals surface area (Å²) in [4.78, 5) is 17.8. The first-order valence-electron chi connectivity index (χ1n) is 7.03. The van der Waals surface area contributed by atoms with Crippen LogP contribution in [-0.4, -0.2) is 22.6 Å². The van der Waals surface area contributed by atoms with Crippen LogP contribution in [0.1, 0.15) is 22.9 Å². The molecule has 110 valence electrons. The molecular formula is C16H18N2O3. The summed E-state index contributed by atoms with van der Waals surface area (Å²) in [7, 11) is 0. The Bertz CT molecular complexity index is 658. The van der Waals surface area contributed by atoms with Crippen LogP contribution in [-0.2, 0) is 17.8 Å². The molecule has 1 aliphatic rings. The van der Waals surface area contributed by atoms with Crippen molar-refractivity contribution in [2.75, 3.05) is 11.4 Å². The molecule has 1 aromatic carbocycles. The van der Waals surface area contributed by atoms with Gasteiger partial charge in [0.05, 0.1) is 18.2 Å². The molecule has 0 aliphatic carbocycles. The molecule has 1 unspecified atom stereocenters. The van der Waals surface area contributed by atoms with Gasteiger partial charge in [-0.2, -0.15) is 0 Å². The van der Waals surface area contributed by atoms with Crippen LogP contribution in [0.25, 0.3) is 0 Å². The highest BCUT2D eigenvalue weighted by molar-refractivity contribution is 5.73. The number of rotatable bonds is 3. The second kappa shape index (κ2) is 5.24. The van der Waals surface area contributed by atoms with Gasteiger partial charge in [0.2, 0.25) is 5.89 Å². The maximum Gasteiger partial charge on any atom is 0.308 e. The average Bonchev–Trinajstić information content (AvgIpc) is 2.77. The average molecular weight is 286 g/mol. The summed E-state index contributed by atoms with van der Waals surface area (Å²) in [5, 5.41) is 9.33. The number of para-hydroxylation sites is 1. The summed E-state index contributed by atoms with van der Waals surface area (Å²) in [6, 6.07) is 7.93. The van der Waals surface area contributed by atoms with Gasteiger partial charge in [-0.25, -0.2) is 4.98 Å². The quantitative estimate of drug-likeness (QED) is 0.939. The molecule has 2 heterocycles. The van der Waals surface area contributed by atoms with Crippen molar-refractivity contribution in [3.05, 3.63) is 47.2 Å². The minimum Gasteiger partial charge on any atom is -0.481 e. The van der Waals surface area contributed by atoms with Crippen molar-refractivity contribution in [1.82, 2.24) is 4.98 Å². The van der Waals surface area contributed by atoms with Crippen LogP contribution < -0.4 is 4.90 Å². The zero-order chi connectivity index (χ0) is 15.0. The molecule has 0 bridgehead atoms. The van der Waals surface area contributed by atoms with Crippen molar-refractivity contribution < 1.29 is 14.3 Å². The number of aliphatic carboxylic acids is 1. The molecule has 0 fully saturated rings. The fraction of sp³-hybridized carbons (Fsp3) is 0.375. The number of hydrogen-bond acceptors (Lipinski definition) is 4. The maximum absolute atomic E-state index is 11.4. The van der Waals surface area contributed by atoms with Gasteiger partial charge < -0.3 is 14.4 Å². The van der Waals surface area contributed by atoms with Crippen LogP contribution in [0, 0.1) is 19.8 Å². The molecule has 1 aliphatic heterocycles. The largest absolute Gasteiger partial charge is 0.481 e. The Kier molecular flexibility index (Phi) is 3.41. The van der Waals surface area contributed by atoms with Crippen LogP contribution in [0.5, 0.6) is 0 Å². The third-order valence-corrected chi connectivity index (χ3v) is 3.99. The Balaban J connectivity index is 1.91. The molecule has 0 amide bonds. The molecule has 3 rings (SSSR count). The van der Waals surface area contributed by atoms with Gasteiger partial charge in [-0.15, -0.1) is 0 Å². The van der Waals surface area contributed by atoms with Gasteiger partial charge in [-0.1, -0.05) is 18.2 Å². The second-order valence-electron chi connectivity index (χ2n) is 5.50. The molecule has 0 spiro atoms. The number of benzene rings is 1. The number of hydrogen-bond donors (Lipinski definition) is 1. The Morgan fingerprint density at radius 2 is 2.19 bits per heavy atom. The van der Waals surface area contributed by atoms with Crippen molar-refractivity contribution in [3.63, 3.8) is 0 Å². The minimum absolute atomic E-state index is 0.392. The molecule has 5 heteroatoms. The van der Waals surface area contributed by atoms with E-state index in [1.807, 2.05) is 43.0 Å². The number of aryl methyl sites for hydroxylation is 2. The molecule has 1 aromatic heterocycles. The van der Waals surface area contributed by atoms with Crippen LogP contribution in [0.4, 0.5) is 5.69 Å². The molecular weight excluding hydrogens is 268 g/mol. The number of anilines is 1. The number of carboxylic acids is 1.